The van der Waals surface area contributed by atoms with E-state index in [0.717, 1.165) is 38.0 Å². The van der Waals surface area contributed by atoms with Crippen molar-refractivity contribution in [3.05, 3.63) is 35.9 Å². The first-order chi connectivity index (χ1) is 10.2. The molecule has 1 aromatic carbocycles. The number of aliphatic hydroxyl groups excluding tert-OH is 1. The molecule has 5 nitrogen and oxygen atoms in total. The molecule has 1 aromatic rings. The number of amides is 1. The first-order valence-corrected chi connectivity index (χ1v) is 7.60. The molecule has 3 rings (SSSR count). The maximum absolute atomic E-state index is 12.1. The summed E-state index contributed by atoms with van der Waals surface area (Å²) in [5.41, 5.74) is 1.00. The third kappa shape index (κ3) is 3.54. The van der Waals surface area contributed by atoms with Crippen molar-refractivity contribution in [3.8, 4) is 0 Å². The number of hydrogen-bond acceptors (Lipinski definition) is 4. The van der Waals surface area contributed by atoms with Gasteiger partial charge in [0.1, 0.15) is 6.61 Å². The molecule has 2 saturated heterocycles. The molecule has 0 spiro atoms. The quantitative estimate of drug-likeness (QED) is 0.916. The van der Waals surface area contributed by atoms with E-state index in [9.17, 15) is 9.90 Å². The van der Waals surface area contributed by atoms with Gasteiger partial charge >= 0.3 is 6.09 Å². The lowest BCUT2D eigenvalue weighted by Gasteiger charge is -2.23. The first-order valence-electron chi connectivity index (χ1n) is 7.60. The predicted molar refractivity (Wildman–Crippen MR) is 78.8 cm³/mol. The molecule has 2 heterocycles. The van der Waals surface area contributed by atoms with Crippen molar-refractivity contribution in [1.82, 2.24) is 9.80 Å². The number of hydrogen-bond donors (Lipinski definition) is 1. The van der Waals surface area contributed by atoms with E-state index in [-0.39, 0.29) is 12.2 Å². The molecule has 0 saturated carbocycles. The number of aliphatic hydroxyl groups is 1. The third-order valence-corrected chi connectivity index (χ3v) is 4.34. The Morgan fingerprint density at radius 2 is 2.00 bits per heavy atom. The van der Waals surface area contributed by atoms with E-state index in [1.165, 1.54) is 0 Å². The van der Waals surface area contributed by atoms with E-state index in [2.05, 4.69) is 4.90 Å². The molecule has 0 aliphatic carbocycles. The van der Waals surface area contributed by atoms with Gasteiger partial charge in [0.25, 0.3) is 0 Å². The molecule has 0 aromatic heterocycles. The molecule has 2 aliphatic rings. The maximum atomic E-state index is 12.1. The van der Waals surface area contributed by atoms with Crippen LogP contribution >= 0.6 is 0 Å². The summed E-state index contributed by atoms with van der Waals surface area (Å²) in [6.07, 6.45) is 1.37. The summed E-state index contributed by atoms with van der Waals surface area (Å²) >= 11 is 0. The Morgan fingerprint density at radius 1 is 1.19 bits per heavy atom. The number of β-amino-alcohol motifs (C(OH)–C–C–N with tert-alkyl or cyclic N) is 1. The van der Waals surface area contributed by atoms with Crippen LogP contribution in [-0.2, 0) is 11.3 Å². The number of nitrogens with zero attached hydrogens (tertiary/aromatic N) is 2. The van der Waals surface area contributed by atoms with Gasteiger partial charge in [-0.2, -0.15) is 0 Å². The zero-order chi connectivity index (χ0) is 14.7. The molecule has 0 radical (unpaired) electrons. The van der Waals surface area contributed by atoms with Crippen molar-refractivity contribution < 1.29 is 14.6 Å². The summed E-state index contributed by atoms with van der Waals surface area (Å²) in [5.74, 6) is 0. The van der Waals surface area contributed by atoms with Crippen LogP contribution in [0.5, 0.6) is 0 Å². The van der Waals surface area contributed by atoms with Gasteiger partial charge in [0.15, 0.2) is 0 Å². The minimum Gasteiger partial charge on any atom is -0.445 e. The SMILES string of the molecule is O=C(OCc1ccccc1)N1CCC(N2CCC(O)C2)C1. The van der Waals surface area contributed by atoms with Gasteiger partial charge in [-0.3, -0.25) is 4.90 Å². The third-order valence-electron chi connectivity index (χ3n) is 4.34. The Labute approximate surface area is 125 Å². The lowest BCUT2D eigenvalue weighted by molar-refractivity contribution is 0.100. The van der Waals surface area contributed by atoms with Crippen LogP contribution in [-0.4, -0.2) is 59.3 Å². The molecule has 2 unspecified atom stereocenters. The number of ether oxygens (including phenoxy) is 1. The number of carbonyl (C=O) groups excluding carboxylic acids is 1. The number of benzene rings is 1. The van der Waals surface area contributed by atoms with Gasteiger partial charge < -0.3 is 14.7 Å². The van der Waals surface area contributed by atoms with Crippen molar-refractivity contribution in [1.29, 1.82) is 0 Å². The highest BCUT2D eigenvalue weighted by Crippen LogP contribution is 2.21. The van der Waals surface area contributed by atoms with Crippen LogP contribution in [0.1, 0.15) is 18.4 Å². The zero-order valence-corrected chi connectivity index (χ0v) is 12.1. The van der Waals surface area contributed by atoms with Crippen LogP contribution < -0.4 is 0 Å². The number of likely N-dealkylation sites (tertiary alicyclic amines) is 2. The van der Waals surface area contributed by atoms with Crippen molar-refractivity contribution in [2.24, 2.45) is 0 Å². The average molecular weight is 290 g/mol. The Morgan fingerprint density at radius 3 is 2.71 bits per heavy atom. The minimum absolute atomic E-state index is 0.205. The second-order valence-corrected chi connectivity index (χ2v) is 5.87. The van der Waals surface area contributed by atoms with Gasteiger partial charge in [0.05, 0.1) is 6.10 Å². The van der Waals surface area contributed by atoms with Crippen molar-refractivity contribution in [2.75, 3.05) is 26.2 Å². The maximum Gasteiger partial charge on any atom is 0.410 e. The summed E-state index contributed by atoms with van der Waals surface area (Å²) in [6, 6.07) is 10.1. The highest BCUT2D eigenvalue weighted by Gasteiger charge is 2.34. The van der Waals surface area contributed by atoms with Gasteiger partial charge in [-0.1, -0.05) is 30.3 Å². The molecular weight excluding hydrogens is 268 g/mol. The Balaban J connectivity index is 1.46. The van der Waals surface area contributed by atoms with Gasteiger partial charge in [-0.15, -0.1) is 0 Å². The highest BCUT2D eigenvalue weighted by molar-refractivity contribution is 5.68. The van der Waals surface area contributed by atoms with E-state index >= 15 is 0 Å². The summed E-state index contributed by atoms with van der Waals surface area (Å²) in [6.45, 7) is 3.44. The molecular formula is C16H22N2O3. The fraction of sp³-hybridized carbons (Fsp3) is 0.562. The fourth-order valence-corrected chi connectivity index (χ4v) is 3.12. The normalized spacial score (nSPS) is 26.2. The van der Waals surface area contributed by atoms with Crippen LogP contribution in [0.4, 0.5) is 4.79 Å². The van der Waals surface area contributed by atoms with Gasteiger partial charge in [-0.25, -0.2) is 4.79 Å². The summed E-state index contributed by atoms with van der Waals surface area (Å²) in [5, 5.41) is 9.60. The minimum atomic E-state index is -0.235. The molecule has 0 bridgehead atoms. The molecule has 5 heteroatoms. The zero-order valence-electron chi connectivity index (χ0n) is 12.1. The van der Waals surface area contributed by atoms with E-state index in [1.54, 1.807) is 4.90 Å². The molecule has 2 fully saturated rings. The summed E-state index contributed by atoms with van der Waals surface area (Å²) in [7, 11) is 0. The van der Waals surface area contributed by atoms with Crippen LogP contribution in [0, 0.1) is 0 Å². The molecule has 1 amide bonds. The molecule has 21 heavy (non-hydrogen) atoms. The van der Waals surface area contributed by atoms with Crippen molar-refractivity contribution in [3.63, 3.8) is 0 Å². The first kappa shape index (κ1) is 14.4. The molecule has 2 atom stereocenters. The molecule has 2 aliphatic heterocycles. The van der Waals surface area contributed by atoms with Crippen LogP contribution in [0.3, 0.4) is 0 Å². The Hall–Kier alpha value is -1.59. The molecule has 1 N–H and O–H groups in total. The fourth-order valence-electron chi connectivity index (χ4n) is 3.12. The van der Waals surface area contributed by atoms with E-state index in [1.807, 2.05) is 30.3 Å². The van der Waals surface area contributed by atoms with Crippen molar-refractivity contribution in [2.45, 2.75) is 31.6 Å². The highest BCUT2D eigenvalue weighted by atomic mass is 16.6. The van der Waals surface area contributed by atoms with Crippen molar-refractivity contribution >= 4 is 6.09 Å². The van der Waals surface area contributed by atoms with Crippen LogP contribution in [0.25, 0.3) is 0 Å². The molecule has 114 valence electrons. The van der Waals surface area contributed by atoms with E-state index in [4.69, 9.17) is 4.74 Å². The Kier molecular flexibility index (Phi) is 4.41. The smallest absolute Gasteiger partial charge is 0.410 e. The predicted octanol–water partition coefficient (Wildman–Crippen LogP) is 1.46. The van der Waals surface area contributed by atoms with Gasteiger partial charge in [-0.05, 0) is 18.4 Å². The lowest BCUT2D eigenvalue weighted by Crippen LogP contribution is -2.38. The van der Waals surface area contributed by atoms with Gasteiger partial charge in [0.2, 0.25) is 0 Å². The summed E-state index contributed by atoms with van der Waals surface area (Å²) < 4.78 is 5.36. The van der Waals surface area contributed by atoms with Crippen LogP contribution in [0.2, 0.25) is 0 Å². The number of carbonyl (C=O) groups is 1. The second kappa shape index (κ2) is 6.45. The second-order valence-electron chi connectivity index (χ2n) is 5.87. The average Bonchev–Trinajstić information content (AvgIpc) is 3.14. The van der Waals surface area contributed by atoms with E-state index < -0.39 is 0 Å². The van der Waals surface area contributed by atoms with Gasteiger partial charge in [0, 0.05) is 32.2 Å². The van der Waals surface area contributed by atoms with E-state index in [0.29, 0.717) is 19.2 Å². The van der Waals surface area contributed by atoms with Crippen LogP contribution in [0.15, 0.2) is 30.3 Å². The Bertz CT molecular complexity index is 480. The summed E-state index contributed by atoms with van der Waals surface area (Å²) in [4.78, 5) is 16.1. The largest absolute Gasteiger partial charge is 0.445 e. The topological polar surface area (TPSA) is 53.0 Å². The monoisotopic (exact) mass is 290 g/mol. The number of rotatable bonds is 3. The standard InChI is InChI=1S/C16H22N2O3/c19-15-7-9-17(11-15)14-6-8-18(10-14)16(20)21-12-13-4-2-1-3-5-13/h1-5,14-15,19H,6-12H2. The lowest BCUT2D eigenvalue weighted by atomic mass is 10.2.